The monoisotopic (exact) mass is 358 g/mol. The number of hydrogen-bond donors (Lipinski definition) is 2. The number of pyridine rings is 1. The Kier molecular flexibility index (Phi) is 5.28. The highest BCUT2D eigenvalue weighted by atomic mass is 35.5. The molecule has 0 saturated carbocycles. The predicted molar refractivity (Wildman–Crippen MR) is 100 cm³/mol. The number of benzene rings is 1. The fraction of sp³-hybridized carbons (Fsp3) is 0.400. The largest absolute Gasteiger partial charge is 0.353 e. The van der Waals surface area contributed by atoms with Gasteiger partial charge in [-0.2, -0.15) is 0 Å². The summed E-state index contributed by atoms with van der Waals surface area (Å²) in [5.74, 6) is 0.579. The number of hydrogen-bond acceptors (Lipinski definition) is 2. The van der Waals surface area contributed by atoms with E-state index in [4.69, 9.17) is 11.6 Å². The van der Waals surface area contributed by atoms with Crippen LogP contribution < -0.4 is 10.9 Å². The van der Waals surface area contributed by atoms with Crippen molar-refractivity contribution in [3.05, 3.63) is 68.6 Å². The number of carbonyl (C=O) groups is 1. The van der Waals surface area contributed by atoms with Gasteiger partial charge in [-0.05, 0) is 42.0 Å². The molecule has 3 rings (SSSR count). The van der Waals surface area contributed by atoms with E-state index >= 15 is 0 Å². The van der Waals surface area contributed by atoms with Crippen molar-refractivity contribution in [2.45, 2.75) is 51.0 Å². The molecule has 1 amide bonds. The summed E-state index contributed by atoms with van der Waals surface area (Å²) in [5, 5.41) is 3.21. The van der Waals surface area contributed by atoms with Crippen molar-refractivity contribution in [2.24, 2.45) is 0 Å². The van der Waals surface area contributed by atoms with E-state index in [2.05, 4.69) is 48.4 Å². The molecule has 1 saturated heterocycles. The molecule has 0 bridgehead atoms. The number of amides is 1. The third kappa shape index (κ3) is 4.13. The molecule has 1 aliphatic rings. The Morgan fingerprint density at radius 2 is 1.76 bits per heavy atom. The van der Waals surface area contributed by atoms with Gasteiger partial charge in [0.1, 0.15) is 5.02 Å². The van der Waals surface area contributed by atoms with Crippen LogP contribution in [0.15, 0.2) is 41.2 Å². The van der Waals surface area contributed by atoms with Crippen molar-refractivity contribution in [1.29, 1.82) is 0 Å². The summed E-state index contributed by atoms with van der Waals surface area (Å²) < 4.78 is 0. The Labute approximate surface area is 152 Å². The third-order valence-electron chi connectivity index (χ3n) is 4.87. The highest BCUT2D eigenvalue weighted by Gasteiger charge is 2.26. The van der Waals surface area contributed by atoms with Gasteiger partial charge in [0.15, 0.2) is 0 Å². The van der Waals surface area contributed by atoms with Crippen LogP contribution in [-0.4, -0.2) is 16.9 Å². The van der Waals surface area contributed by atoms with Crippen molar-refractivity contribution in [3.8, 4) is 0 Å². The van der Waals surface area contributed by atoms with Crippen molar-refractivity contribution < 1.29 is 4.79 Å². The summed E-state index contributed by atoms with van der Waals surface area (Å²) in [7, 11) is 0. The van der Waals surface area contributed by atoms with E-state index in [9.17, 15) is 9.59 Å². The van der Waals surface area contributed by atoms with Crippen LogP contribution in [-0.2, 0) is 4.79 Å². The van der Waals surface area contributed by atoms with Gasteiger partial charge in [-0.1, -0.05) is 49.7 Å². The maximum atomic E-state index is 12.0. The number of aromatic amines is 1. The van der Waals surface area contributed by atoms with Crippen LogP contribution in [0.25, 0.3) is 0 Å². The molecule has 25 heavy (non-hydrogen) atoms. The molecule has 2 aromatic rings. The van der Waals surface area contributed by atoms with Crippen LogP contribution in [0.3, 0.4) is 0 Å². The van der Waals surface area contributed by atoms with Crippen LogP contribution >= 0.6 is 11.6 Å². The minimum atomic E-state index is -0.279. The number of carbonyl (C=O) groups excluding carboxylic acids is 1. The summed E-state index contributed by atoms with van der Waals surface area (Å²) >= 11 is 5.88. The smallest absolute Gasteiger partial charge is 0.266 e. The van der Waals surface area contributed by atoms with E-state index in [0.29, 0.717) is 12.3 Å². The summed E-state index contributed by atoms with van der Waals surface area (Å²) in [5.41, 5.74) is 2.95. The molecule has 132 valence electrons. The van der Waals surface area contributed by atoms with Gasteiger partial charge in [-0.25, -0.2) is 0 Å². The van der Waals surface area contributed by atoms with Gasteiger partial charge in [0.2, 0.25) is 5.91 Å². The first kappa shape index (κ1) is 17.7. The van der Waals surface area contributed by atoms with Gasteiger partial charge >= 0.3 is 0 Å². The quantitative estimate of drug-likeness (QED) is 0.850. The lowest BCUT2D eigenvalue weighted by molar-refractivity contribution is -0.119. The van der Waals surface area contributed by atoms with Gasteiger partial charge in [0, 0.05) is 24.1 Å². The van der Waals surface area contributed by atoms with Crippen LogP contribution in [0.4, 0.5) is 0 Å². The molecule has 0 aliphatic carbocycles. The van der Waals surface area contributed by atoms with Crippen molar-refractivity contribution >= 4 is 17.5 Å². The van der Waals surface area contributed by atoms with Crippen LogP contribution in [0.5, 0.6) is 0 Å². The second-order valence-corrected chi connectivity index (χ2v) is 7.41. The maximum absolute atomic E-state index is 12.0. The molecular formula is C20H23ClN2O2. The molecule has 0 radical (unpaired) electrons. The van der Waals surface area contributed by atoms with Crippen molar-refractivity contribution in [3.63, 3.8) is 0 Å². The van der Waals surface area contributed by atoms with E-state index in [1.165, 1.54) is 5.56 Å². The van der Waals surface area contributed by atoms with Crippen LogP contribution in [0, 0.1) is 0 Å². The second-order valence-electron chi connectivity index (χ2n) is 7.00. The Hall–Kier alpha value is -2.07. The van der Waals surface area contributed by atoms with E-state index in [1.807, 2.05) is 6.07 Å². The van der Waals surface area contributed by atoms with Gasteiger partial charge in [-0.15, -0.1) is 0 Å². The Morgan fingerprint density at radius 3 is 2.32 bits per heavy atom. The number of aromatic nitrogens is 1. The van der Waals surface area contributed by atoms with E-state index in [-0.39, 0.29) is 28.4 Å². The molecule has 4 nitrogen and oxygen atoms in total. The van der Waals surface area contributed by atoms with Gasteiger partial charge in [0.05, 0.1) is 0 Å². The van der Waals surface area contributed by atoms with E-state index < -0.39 is 0 Å². The normalized spacial score (nSPS) is 18.4. The molecule has 1 aromatic carbocycles. The predicted octanol–water partition coefficient (Wildman–Crippen LogP) is 3.95. The molecule has 2 N–H and O–H groups in total. The molecule has 1 aromatic heterocycles. The maximum Gasteiger partial charge on any atom is 0.266 e. The Balaban J connectivity index is 1.94. The zero-order valence-electron chi connectivity index (χ0n) is 14.5. The Morgan fingerprint density at radius 1 is 1.08 bits per heavy atom. The molecule has 1 unspecified atom stereocenters. The number of rotatable bonds is 5. The standard InChI is InChI=1S/C20H23ClN2O2/c1-12(2)13-3-5-14(6-4-13)16(11-15-7-10-19(24)22-15)18-9-8-17(21)20(25)23-18/h3-6,8-9,12,15-16H,7,10-11H2,1-2H3,(H,22,24)(H,23,25)/t15-,16?/m1/s1. The molecule has 1 aliphatic heterocycles. The molecular weight excluding hydrogens is 336 g/mol. The SMILES string of the molecule is CC(C)c1ccc(C(C[C@H]2CCC(=O)N2)c2ccc(Cl)c(=O)[nH]2)cc1. The number of halogens is 1. The molecule has 2 atom stereocenters. The summed E-state index contributed by atoms with van der Waals surface area (Å²) in [6.07, 6.45) is 2.16. The lowest BCUT2D eigenvalue weighted by Gasteiger charge is -2.22. The lowest BCUT2D eigenvalue weighted by Crippen LogP contribution is -2.28. The average molecular weight is 359 g/mol. The lowest BCUT2D eigenvalue weighted by atomic mass is 9.87. The molecule has 2 heterocycles. The van der Waals surface area contributed by atoms with E-state index in [0.717, 1.165) is 24.1 Å². The van der Waals surface area contributed by atoms with Gasteiger partial charge in [-0.3, -0.25) is 9.59 Å². The zero-order valence-corrected chi connectivity index (χ0v) is 15.3. The van der Waals surface area contributed by atoms with Gasteiger partial charge in [0.25, 0.3) is 5.56 Å². The number of nitrogens with one attached hydrogen (secondary N) is 2. The average Bonchev–Trinajstić information content (AvgIpc) is 3.00. The first-order chi connectivity index (χ1) is 11.9. The van der Waals surface area contributed by atoms with Crippen LogP contribution in [0.2, 0.25) is 5.02 Å². The van der Waals surface area contributed by atoms with Crippen molar-refractivity contribution in [1.82, 2.24) is 10.3 Å². The van der Waals surface area contributed by atoms with E-state index in [1.54, 1.807) is 6.07 Å². The highest BCUT2D eigenvalue weighted by Crippen LogP contribution is 2.31. The Bertz CT molecular complexity index is 811. The minimum Gasteiger partial charge on any atom is -0.353 e. The summed E-state index contributed by atoms with van der Waals surface area (Å²) in [6.45, 7) is 4.33. The first-order valence-electron chi connectivity index (χ1n) is 8.72. The van der Waals surface area contributed by atoms with Crippen LogP contribution in [0.1, 0.15) is 61.8 Å². The minimum absolute atomic E-state index is 0.00887. The van der Waals surface area contributed by atoms with Gasteiger partial charge < -0.3 is 10.3 Å². The molecule has 0 spiro atoms. The zero-order chi connectivity index (χ0) is 18.0. The molecule has 5 heteroatoms. The highest BCUT2D eigenvalue weighted by molar-refractivity contribution is 6.30. The summed E-state index contributed by atoms with van der Waals surface area (Å²) in [4.78, 5) is 26.4. The first-order valence-corrected chi connectivity index (χ1v) is 9.09. The summed E-state index contributed by atoms with van der Waals surface area (Å²) in [6, 6.07) is 12.1. The number of H-pyrrole nitrogens is 1. The topological polar surface area (TPSA) is 62.0 Å². The van der Waals surface area contributed by atoms with Crippen molar-refractivity contribution in [2.75, 3.05) is 0 Å². The molecule has 1 fully saturated rings. The fourth-order valence-electron chi connectivity index (χ4n) is 3.37. The second kappa shape index (κ2) is 7.44. The fourth-order valence-corrected chi connectivity index (χ4v) is 3.48. The third-order valence-corrected chi connectivity index (χ3v) is 5.17.